The smallest absolute Gasteiger partial charge is 0.164 e. The number of para-hydroxylation sites is 1. The molecule has 0 unspecified atom stereocenters. The second-order valence-electron chi connectivity index (χ2n) is 18.7. The summed E-state index contributed by atoms with van der Waals surface area (Å²) >= 11 is 0. The summed E-state index contributed by atoms with van der Waals surface area (Å²) in [7, 11) is 0. The molecular formula is C69H44N4. The van der Waals surface area contributed by atoms with Crippen LogP contribution in [0.4, 0.5) is 0 Å². The number of rotatable bonds is 8. The van der Waals surface area contributed by atoms with Crippen LogP contribution >= 0.6 is 0 Å². The van der Waals surface area contributed by atoms with E-state index in [1.165, 1.54) is 81.9 Å². The molecule has 0 atom stereocenters. The first-order chi connectivity index (χ1) is 36.2. The van der Waals surface area contributed by atoms with E-state index in [9.17, 15) is 0 Å². The van der Waals surface area contributed by atoms with Crippen molar-refractivity contribution < 1.29 is 0 Å². The Morgan fingerprint density at radius 2 is 0.630 bits per heavy atom. The van der Waals surface area contributed by atoms with Crippen LogP contribution in [0, 0.1) is 0 Å². The number of hydrogen-bond acceptors (Lipinski definition) is 3. The molecule has 4 nitrogen and oxygen atoms in total. The summed E-state index contributed by atoms with van der Waals surface area (Å²) in [5.41, 5.74) is 15.6. The minimum atomic E-state index is 0.625. The van der Waals surface area contributed by atoms with Crippen molar-refractivity contribution in [2.75, 3.05) is 0 Å². The molecule has 0 bridgehead atoms. The molecule has 2 aromatic heterocycles. The largest absolute Gasteiger partial charge is 0.309 e. The Morgan fingerprint density at radius 1 is 0.219 bits per heavy atom. The number of fused-ring (bicyclic) bond motifs is 9. The van der Waals surface area contributed by atoms with Crippen LogP contribution in [0.25, 0.3) is 138 Å². The predicted octanol–water partition coefficient (Wildman–Crippen LogP) is 18.1. The highest BCUT2D eigenvalue weighted by Crippen LogP contribution is 2.44. The van der Waals surface area contributed by atoms with Gasteiger partial charge in [-0.15, -0.1) is 0 Å². The highest BCUT2D eigenvalue weighted by Gasteiger charge is 2.19. The second kappa shape index (κ2) is 17.6. The predicted molar refractivity (Wildman–Crippen MR) is 305 cm³/mol. The fourth-order valence-electron chi connectivity index (χ4n) is 10.9. The Labute approximate surface area is 422 Å². The van der Waals surface area contributed by atoms with Gasteiger partial charge in [-0.25, -0.2) is 15.0 Å². The first-order valence-electron chi connectivity index (χ1n) is 24.8. The Morgan fingerprint density at radius 3 is 1.32 bits per heavy atom. The summed E-state index contributed by atoms with van der Waals surface area (Å²) in [6, 6.07) is 95.6. The molecule has 2 heterocycles. The topological polar surface area (TPSA) is 43.6 Å². The normalized spacial score (nSPS) is 11.6. The summed E-state index contributed by atoms with van der Waals surface area (Å²) in [4.78, 5) is 15.3. The first kappa shape index (κ1) is 42.1. The van der Waals surface area contributed by atoms with E-state index in [0.717, 1.165) is 39.1 Å². The van der Waals surface area contributed by atoms with Gasteiger partial charge in [0.05, 0.1) is 11.0 Å². The molecule has 14 aromatic rings. The van der Waals surface area contributed by atoms with Gasteiger partial charge in [-0.3, -0.25) is 0 Å². The van der Waals surface area contributed by atoms with Crippen molar-refractivity contribution in [1.82, 2.24) is 19.5 Å². The highest BCUT2D eigenvalue weighted by atomic mass is 15.0. The molecule has 73 heavy (non-hydrogen) atoms. The minimum absolute atomic E-state index is 0.625. The van der Waals surface area contributed by atoms with Gasteiger partial charge in [-0.1, -0.05) is 231 Å². The maximum Gasteiger partial charge on any atom is 0.164 e. The van der Waals surface area contributed by atoms with Gasteiger partial charge in [0.2, 0.25) is 0 Å². The van der Waals surface area contributed by atoms with Crippen molar-refractivity contribution in [3.63, 3.8) is 0 Å². The van der Waals surface area contributed by atoms with Crippen molar-refractivity contribution in [2.45, 2.75) is 0 Å². The number of aromatic nitrogens is 4. The summed E-state index contributed by atoms with van der Waals surface area (Å²) in [6.07, 6.45) is 0. The molecule has 0 amide bonds. The maximum absolute atomic E-state index is 5.14. The third kappa shape index (κ3) is 7.44. The lowest BCUT2D eigenvalue weighted by atomic mass is 9.88. The van der Waals surface area contributed by atoms with Crippen molar-refractivity contribution in [3.8, 4) is 84.4 Å². The molecule has 0 fully saturated rings. The van der Waals surface area contributed by atoms with Crippen molar-refractivity contribution in [3.05, 3.63) is 267 Å². The maximum atomic E-state index is 5.14. The van der Waals surface area contributed by atoms with E-state index >= 15 is 0 Å². The molecule has 340 valence electrons. The highest BCUT2D eigenvalue weighted by molar-refractivity contribution is 6.29. The molecule has 0 aliphatic heterocycles. The molecule has 0 radical (unpaired) electrons. The van der Waals surface area contributed by atoms with Gasteiger partial charge < -0.3 is 4.57 Å². The van der Waals surface area contributed by atoms with E-state index in [0.29, 0.717) is 17.5 Å². The summed E-state index contributed by atoms with van der Waals surface area (Å²) in [5, 5.41) is 9.83. The molecule has 0 saturated heterocycles. The van der Waals surface area contributed by atoms with E-state index < -0.39 is 0 Å². The average molecular weight is 929 g/mol. The van der Waals surface area contributed by atoms with Crippen molar-refractivity contribution >= 4 is 54.1 Å². The van der Waals surface area contributed by atoms with Crippen LogP contribution in [0.2, 0.25) is 0 Å². The Bertz CT molecular complexity index is 4390. The van der Waals surface area contributed by atoms with E-state index in [2.05, 4.69) is 247 Å². The zero-order chi connectivity index (χ0) is 48.2. The van der Waals surface area contributed by atoms with Crippen LogP contribution in [0.15, 0.2) is 267 Å². The van der Waals surface area contributed by atoms with E-state index in [-0.39, 0.29) is 0 Å². The zero-order valence-electron chi connectivity index (χ0n) is 39.7. The number of hydrogen-bond donors (Lipinski definition) is 0. The van der Waals surface area contributed by atoms with E-state index in [1.54, 1.807) is 0 Å². The van der Waals surface area contributed by atoms with Gasteiger partial charge in [0.1, 0.15) is 0 Å². The number of nitrogens with zero attached hydrogens (tertiary/aromatic N) is 4. The molecule has 14 rings (SSSR count). The Kier molecular flexibility index (Phi) is 10.1. The second-order valence-corrected chi connectivity index (χ2v) is 18.7. The lowest BCUT2D eigenvalue weighted by Crippen LogP contribution is -2.00. The number of benzene rings is 12. The Hall–Kier alpha value is -9.77. The van der Waals surface area contributed by atoms with E-state index in [4.69, 9.17) is 15.0 Å². The molecule has 0 spiro atoms. The summed E-state index contributed by atoms with van der Waals surface area (Å²) < 4.78 is 2.42. The fraction of sp³-hybridized carbons (Fsp3) is 0. The molecule has 0 N–H and O–H groups in total. The quantitative estimate of drug-likeness (QED) is 0.143. The van der Waals surface area contributed by atoms with Crippen LogP contribution in [-0.4, -0.2) is 19.5 Å². The third-order valence-corrected chi connectivity index (χ3v) is 14.4. The van der Waals surface area contributed by atoms with Crippen molar-refractivity contribution in [2.24, 2.45) is 0 Å². The van der Waals surface area contributed by atoms with Gasteiger partial charge in [-0.05, 0) is 113 Å². The van der Waals surface area contributed by atoms with Crippen LogP contribution in [-0.2, 0) is 0 Å². The molecule has 0 aliphatic carbocycles. The molecular weight excluding hydrogens is 885 g/mol. The van der Waals surface area contributed by atoms with Gasteiger partial charge in [0, 0.05) is 33.2 Å². The van der Waals surface area contributed by atoms with Crippen LogP contribution in [0.3, 0.4) is 0 Å². The van der Waals surface area contributed by atoms with Gasteiger partial charge in [-0.2, -0.15) is 0 Å². The molecule has 12 aromatic carbocycles. The SMILES string of the molecule is c1ccc(-c2ccc(-c3nc(-c4ccccc4)nc(-c4cccc(-c5ccc6c(c5)c5ccccc5c5cccc(-c7ccc8c9ccccc9n(-c9ccc(-c%10ccccc%10)cc9)c8c7)c56)c4)n3)cc2)cc1. The minimum Gasteiger partial charge on any atom is -0.309 e. The van der Waals surface area contributed by atoms with Crippen molar-refractivity contribution in [1.29, 1.82) is 0 Å². The summed E-state index contributed by atoms with van der Waals surface area (Å²) in [5.74, 6) is 1.89. The molecule has 0 aliphatic rings. The standard InChI is InChI=1S/C69H44N4/c1-4-16-45(17-5-1)47-30-32-50(33-31-47)68-70-67(49-20-8-3-9-21-49)71-69(72-68)54-23-14-22-51(42-54)52-36-41-62-63(43-52)58-25-11-10-24-57(58)61-28-15-27-56(66(61)62)53-37-40-60-59-26-12-13-29-64(59)73(65(60)44-53)55-38-34-48(35-39-55)46-18-6-2-7-19-46/h1-44H. The zero-order valence-corrected chi connectivity index (χ0v) is 39.7. The molecule has 4 heteroatoms. The van der Waals surface area contributed by atoms with Gasteiger partial charge in [0.15, 0.2) is 17.5 Å². The Balaban J connectivity index is 0.891. The van der Waals surface area contributed by atoms with Gasteiger partial charge >= 0.3 is 0 Å². The fourth-order valence-corrected chi connectivity index (χ4v) is 10.9. The lowest BCUT2D eigenvalue weighted by molar-refractivity contribution is 1.07. The lowest BCUT2D eigenvalue weighted by Gasteiger charge is -2.16. The molecule has 0 saturated carbocycles. The van der Waals surface area contributed by atoms with E-state index in [1.807, 2.05) is 24.3 Å². The average Bonchev–Trinajstić information content (AvgIpc) is 3.82. The third-order valence-electron chi connectivity index (χ3n) is 14.4. The first-order valence-corrected chi connectivity index (χ1v) is 24.8. The van der Waals surface area contributed by atoms with Crippen LogP contribution < -0.4 is 0 Å². The van der Waals surface area contributed by atoms with Crippen LogP contribution in [0.1, 0.15) is 0 Å². The van der Waals surface area contributed by atoms with Gasteiger partial charge in [0.25, 0.3) is 0 Å². The van der Waals surface area contributed by atoms with Crippen LogP contribution in [0.5, 0.6) is 0 Å². The summed E-state index contributed by atoms with van der Waals surface area (Å²) in [6.45, 7) is 0. The monoisotopic (exact) mass is 928 g/mol.